The average molecular weight is 256 g/mol. The van der Waals surface area contributed by atoms with E-state index < -0.39 is 0 Å². The first kappa shape index (κ1) is 11.8. The van der Waals surface area contributed by atoms with E-state index in [1.807, 2.05) is 0 Å². The molecule has 102 valence electrons. The Balaban J connectivity index is 1.52. The highest BCUT2D eigenvalue weighted by Crippen LogP contribution is 2.36. The molecule has 0 radical (unpaired) electrons. The van der Waals surface area contributed by atoms with E-state index in [-0.39, 0.29) is 0 Å². The predicted molar refractivity (Wildman–Crippen MR) is 79.4 cm³/mol. The molecule has 0 aromatic heterocycles. The summed E-state index contributed by atoms with van der Waals surface area (Å²) in [5.74, 6) is 1.00. The average Bonchev–Trinajstić information content (AvgIpc) is 3.02. The molecule has 2 heteroatoms. The molecule has 0 saturated heterocycles. The number of hydrogen-bond acceptors (Lipinski definition) is 2. The molecule has 4 rings (SSSR count). The Hall–Kier alpha value is -1.02. The number of para-hydroxylation sites is 1. The van der Waals surface area contributed by atoms with E-state index >= 15 is 0 Å². The van der Waals surface area contributed by atoms with E-state index in [1.54, 1.807) is 0 Å². The number of nitrogens with one attached hydrogen (secondary N) is 1. The van der Waals surface area contributed by atoms with Crippen LogP contribution in [0.15, 0.2) is 18.2 Å². The maximum atomic E-state index is 3.59. The molecule has 1 aliphatic heterocycles. The Morgan fingerprint density at radius 2 is 2.05 bits per heavy atom. The highest BCUT2D eigenvalue weighted by Gasteiger charge is 2.31. The van der Waals surface area contributed by atoms with Crippen molar-refractivity contribution in [2.24, 2.45) is 5.92 Å². The number of fused-ring (bicyclic) bond motifs is 1. The van der Waals surface area contributed by atoms with E-state index in [4.69, 9.17) is 0 Å². The van der Waals surface area contributed by atoms with Gasteiger partial charge in [-0.3, -0.25) is 4.90 Å². The maximum absolute atomic E-state index is 3.59. The van der Waals surface area contributed by atoms with Gasteiger partial charge in [-0.25, -0.2) is 0 Å². The summed E-state index contributed by atoms with van der Waals surface area (Å²) in [5.41, 5.74) is 4.50. The second-order valence-electron chi connectivity index (χ2n) is 6.59. The van der Waals surface area contributed by atoms with Crippen molar-refractivity contribution < 1.29 is 0 Å². The van der Waals surface area contributed by atoms with Crippen LogP contribution in [0.2, 0.25) is 0 Å². The van der Waals surface area contributed by atoms with Gasteiger partial charge in [-0.1, -0.05) is 24.6 Å². The Labute approximate surface area is 116 Å². The third-order valence-electron chi connectivity index (χ3n) is 5.09. The number of anilines is 1. The third-order valence-corrected chi connectivity index (χ3v) is 5.09. The van der Waals surface area contributed by atoms with E-state index in [2.05, 4.69) is 28.4 Å². The third kappa shape index (κ3) is 2.38. The lowest BCUT2D eigenvalue weighted by molar-refractivity contribution is 0.114. The van der Waals surface area contributed by atoms with E-state index in [1.165, 1.54) is 61.9 Å². The SMILES string of the molecule is c1cc2c(c(CN(CC3CC3)C3CCC3)c1)NCC2. The molecule has 1 aromatic carbocycles. The van der Waals surface area contributed by atoms with Gasteiger partial charge in [0.05, 0.1) is 0 Å². The van der Waals surface area contributed by atoms with Gasteiger partial charge in [0.25, 0.3) is 0 Å². The summed E-state index contributed by atoms with van der Waals surface area (Å²) in [6.45, 7) is 3.63. The van der Waals surface area contributed by atoms with Crippen LogP contribution in [0, 0.1) is 5.92 Å². The van der Waals surface area contributed by atoms with Crippen LogP contribution in [0.3, 0.4) is 0 Å². The van der Waals surface area contributed by atoms with Crippen LogP contribution in [0.5, 0.6) is 0 Å². The maximum Gasteiger partial charge on any atom is 0.0419 e. The Kier molecular flexibility index (Phi) is 2.99. The zero-order valence-electron chi connectivity index (χ0n) is 11.7. The molecule has 3 aliphatic rings. The first-order valence-corrected chi connectivity index (χ1v) is 7.99. The minimum absolute atomic E-state index is 0.873. The molecule has 0 amide bonds. The van der Waals surface area contributed by atoms with Crippen LogP contribution >= 0.6 is 0 Å². The molecule has 1 N–H and O–H groups in total. The molecule has 0 spiro atoms. The number of benzene rings is 1. The van der Waals surface area contributed by atoms with Crippen LogP contribution in [0.1, 0.15) is 43.2 Å². The van der Waals surface area contributed by atoms with Crippen molar-refractivity contribution in [2.45, 2.75) is 51.1 Å². The lowest BCUT2D eigenvalue weighted by Crippen LogP contribution is -2.40. The van der Waals surface area contributed by atoms with Crippen molar-refractivity contribution in [2.75, 3.05) is 18.4 Å². The molecule has 2 aliphatic carbocycles. The molecule has 2 saturated carbocycles. The fourth-order valence-electron chi connectivity index (χ4n) is 3.49. The molecule has 0 unspecified atom stereocenters. The molecule has 0 bridgehead atoms. The van der Waals surface area contributed by atoms with Crippen molar-refractivity contribution in [3.63, 3.8) is 0 Å². The topological polar surface area (TPSA) is 15.3 Å². The Morgan fingerprint density at radius 1 is 1.16 bits per heavy atom. The lowest BCUT2D eigenvalue weighted by atomic mass is 9.90. The summed E-state index contributed by atoms with van der Waals surface area (Å²) >= 11 is 0. The largest absolute Gasteiger partial charge is 0.384 e. The smallest absolute Gasteiger partial charge is 0.0419 e. The second kappa shape index (κ2) is 4.82. The van der Waals surface area contributed by atoms with Gasteiger partial charge in [0.2, 0.25) is 0 Å². The van der Waals surface area contributed by atoms with Gasteiger partial charge in [0, 0.05) is 31.4 Å². The van der Waals surface area contributed by atoms with Gasteiger partial charge in [-0.05, 0) is 49.1 Å². The van der Waals surface area contributed by atoms with Gasteiger partial charge in [0.1, 0.15) is 0 Å². The van der Waals surface area contributed by atoms with Gasteiger partial charge in [0.15, 0.2) is 0 Å². The van der Waals surface area contributed by atoms with E-state index in [0.717, 1.165) is 25.0 Å². The first-order chi connectivity index (χ1) is 9.40. The minimum atomic E-state index is 0.873. The number of nitrogens with zero attached hydrogens (tertiary/aromatic N) is 1. The van der Waals surface area contributed by atoms with Crippen LogP contribution in [0.4, 0.5) is 5.69 Å². The molecular formula is C17H24N2. The molecule has 2 nitrogen and oxygen atoms in total. The zero-order chi connectivity index (χ0) is 12.7. The summed E-state index contributed by atoms with van der Waals surface area (Å²) in [6.07, 6.45) is 8.43. The van der Waals surface area contributed by atoms with E-state index in [9.17, 15) is 0 Å². The van der Waals surface area contributed by atoms with Crippen molar-refractivity contribution in [3.05, 3.63) is 29.3 Å². The highest BCUT2D eigenvalue weighted by molar-refractivity contribution is 5.61. The fourth-order valence-corrected chi connectivity index (χ4v) is 3.49. The van der Waals surface area contributed by atoms with Crippen molar-refractivity contribution in [1.82, 2.24) is 4.90 Å². The summed E-state index contributed by atoms with van der Waals surface area (Å²) < 4.78 is 0. The lowest BCUT2D eigenvalue weighted by Gasteiger charge is -2.38. The fraction of sp³-hybridized carbons (Fsp3) is 0.647. The summed E-state index contributed by atoms with van der Waals surface area (Å²) in [5, 5.41) is 3.59. The predicted octanol–water partition coefficient (Wildman–Crippen LogP) is 3.42. The standard InChI is InChI=1S/C17H24N2/c1-3-14-9-10-18-17(14)15(4-1)12-19(11-13-7-8-13)16-5-2-6-16/h1,3-4,13,16,18H,2,5-12H2. The van der Waals surface area contributed by atoms with Crippen molar-refractivity contribution in [1.29, 1.82) is 0 Å². The zero-order valence-corrected chi connectivity index (χ0v) is 11.7. The van der Waals surface area contributed by atoms with Gasteiger partial charge in [-0.2, -0.15) is 0 Å². The van der Waals surface area contributed by atoms with Gasteiger partial charge >= 0.3 is 0 Å². The first-order valence-electron chi connectivity index (χ1n) is 7.99. The number of rotatable bonds is 5. The highest BCUT2D eigenvalue weighted by atomic mass is 15.2. The van der Waals surface area contributed by atoms with Crippen LogP contribution < -0.4 is 5.32 Å². The van der Waals surface area contributed by atoms with Gasteiger partial charge < -0.3 is 5.32 Å². The quantitative estimate of drug-likeness (QED) is 0.868. The summed E-state index contributed by atoms with van der Waals surface area (Å²) in [7, 11) is 0. The van der Waals surface area contributed by atoms with Crippen LogP contribution in [-0.2, 0) is 13.0 Å². The molecule has 2 fully saturated rings. The van der Waals surface area contributed by atoms with Crippen molar-refractivity contribution >= 4 is 5.69 Å². The molecule has 1 heterocycles. The van der Waals surface area contributed by atoms with Crippen LogP contribution in [-0.4, -0.2) is 24.0 Å². The van der Waals surface area contributed by atoms with Crippen molar-refractivity contribution in [3.8, 4) is 0 Å². The van der Waals surface area contributed by atoms with Gasteiger partial charge in [-0.15, -0.1) is 0 Å². The monoisotopic (exact) mass is 256 g/mol. The van der Waals surface area contributed by atoms with E-state index in [0.29, 0.717) is 0 Å². The van der Waals surface area contributed by atoms with Crippen LogP contribution in [0.25, 0.3) is 0 Å². The molecule has 0 atom stereocenters. The summed E-state index contributed by atoms with van der Waals surface area (Å²) in [4.78, 5) is 2.77. The molecule has 19 heavy (non-hydrogen) atoms. The Morgan fingerprint density at radius 3 is 2.79 bits per heavy atom. The summed E-state index contributed by atoms with van der Waals surface area (Å²) in [6, 6.07) is 7.73. The Bertz CT molecular complexity index is 460. The minimum Gasteiger partial charge on any atom is -0.384 e. The molecular weight excluding hydrogens is 232 g/mol. The molecule has 1 aromatic rings. The second-order valence-corrected chi connectivity index (χ2v) is 6.59. The normalized spacial score (nSPS) is 22.2. The number of hydrogen-bond donors (Lipinski definition) is 1.